The van der Waals surface area contributed by atoms with Crippen molar-refractivity contribution in [3.05, 3.63) is 50.9 Å². The third-order valence-corrected chi connectivity index (χ3v) is 4.46. The Morgan fingerprint density at radius 3 is 2.50 bits per heavy atom. The molecule has 0 saturated carbocycles. The summed E-state index contributed by atoms with van der Waals surface area (Å²) in [7, 11) is 0. The molecule has 0 bridgehead atoms. The van der Waals surface area contributed by atoms with Crippen LogP contribution in [0.3, 0.4) is 0 Å². The zero-order valence-electron chi connectivity index (χ0n) is 10.2. The average Bonchev–Trinajstić information content (AvgIpc) is 2.77. The maximum atomic E-state index is 6.06. The number of aryl methyl sites for hydroxylation is 1. The van der Waals surface area contributed by atoms with E-state index in [0.29, 0.717) is 11.8 Å². The second kappa shape index (κ2) is 6.55. The monoisotopic (exact) mass is 299 g/mol. The van der Waals surface area contributed by atoms with E-state index in [1.54, 1.807) is 11.3 Å². The molecule has 0 radical (unpaired) electrons. The van der Waals surface area contributed by atoms with E-state index in [4.69, 9.17) is 23.2 Å². The number of benzene rings is 1. The minimum absolute atomic E-state index is 0.429. The van der Waals surface area contributed by atoms with Crippen LogP contribution in [0.1, 0.15) is 16.3 Å². The fraction of sp³-hybridized carbons (Fsp3) is 0.357. The van der Waals surface area contributed by atoms with Gasteiger partial charge in [0.05, 0.1) is 5.01 Å². The molecule has 0 saturated heterocycles. The lowest BCUT2D eigenvalue weighted by atomic mass is 9.98. The molecule has 1 aromatic carbocycles. The Morgan fingerprint density at radius 1 is 1.22 bits per heavy atom. The second-order valence-electron chi connectivity index (χ2n) is 4.44. The van der Waals surface area contributed by atoms with Gasteiger partial charge in [-0.2, -0.15) is 0 Å². The highest BCUT2D eigenvalue weighted by atomic mass is 35.5. The van der Waals surface area contributed by atoms with Crippen molar-refractivity contribution < 1.29 is 0 Å². The van der Waals surface area contributed by atoms with Crippen LogP contribution in [-0.4, -0.2) is 10.9 Å². The number of thiazole rings is 1. The minimum Gasteiger partial charge on any atom is -0.247 e. The van der Waals surface area contributed by atoms with Gasteiger partial charge < -0.3 is 0 Å². The van der Waals surface area contributed by atoms with E-state index in [9.17, 15) is 0 Å². The molecule has 4 heteroatoms. The van der Waals surface area contributed by atoms with Gasteiger partial charge in [0.25, 0.3) is 0 Å². The third-order valence-electron chi connectivity index (χ3n) is 2.79. The Morgan fingerprint density at radius 2 is 1.94 bits per heavy atom. The van der Waals surface area contributed by atoms with Crippen LogP contribution in [0, 0.1) is 12.8 Å². The van der Waals surface area contributed by atoms with Gasteiger partial charge in [-0.1, -0.05) is 23.7 Å². The van der Waals surface area contributed by atoms with Gasteiger partial charge in [-0.05, 0) is 37.0 Å². The van der Waals surface area contributed by atoms with Crippen molar-refractivity contribution in [2.45, 2.75) is 19.8 Å². The number of aromatic nitrogens is 1. The highest BCUT2D eigenvalue weighted by Gasteiger charge is 2.12. The Hall–Kier alpha value is -0.570. The molecule has 1 aromatic heterocycles. The fourth-order valence-electron chi connectivity index (χ4n) is 1.88. The summed E-state index contributed by atoms with van der Waals surface area (Å²) in [6.07, 6.45) is 1.92. The number of hydrogen-bond acceptors (Lipinski definition) is 2. The zero-order valence-corrected chi connectivity index (χ0v) is 12.5. The maximum absolute atomic E-state index is 6.06. The Kier molecular flexibility index (Phi) is 5.04. The highest BCUT2D eigenvalue weighted by molar-refractivity contribution is 7.09. The molecule has 2 rings (SSSR count). The lowest BCUT2D eigenvalue weighted by Gasteiger charge is -2.12. The highest BCUT2D eigenvalue weighted by Crippen LogP contribution is 2.20. The van der Waals surface area contributed by atoms with Crippen LogP contribution >= 0.6 is 34.5 Å². The molecule has 0 spiro atoms. The van der Waals surface area contributed by atoms with Gasteiger partial charge in [0, 0.05) is 28.4 Å². The molecule has 0 fully saturated rings. The van der Waals surface area contributed by atoms with E-state index >= 15 is 0 Å². The van der Waals surface area contributed by atoms with Crippen molar-refractivity contribution in [1.29, 1.82) is 0 Å². The summed E-state index contributed by atoms with van der Waals surface area (Å²) in [5.41, 5.74) is 2.37. The zero-order chi connectivity index (χ0) is 13.0. The quantitative estimate of drug-likeness (QED) is 0.726. The molecule has 0 aliphatic heterocycles. The molecule has 1 unspecified atom stereocenters. The van der Waals surface area contributed by atoms with Gasteiger partial charge >= 0.3 is 0 Å². The van der Waals surface area contributed by atoms with Gasteiger partial charge in [0.2, 0.25) is 0 Å². The second-order valence-corrected chi connectivity index (χ2v) is 6.13. The van der Waals surface area contributed by atoms with Crippen LogP contribution in [0.15, 0.2) is 29.6 Å². The minimum atomic E-state index is 0.429. The number of hydrogen-bond donors (Lipinski definition) is 0. The first-order chi connectivity index (χ1) is 8.67. The molecule has 0 aliphatic carbocycles. The van der Waals surface area contributed by atoms with Crippen LogP contribution in [0.25, 0.3) is 0 Å². The van der Waals surface area contributed by atoms with Gasteiger partial charge in [-0.25, -0.2) is 4.98 Å². The van der Waals surface area contributed by atoms with Gasteiger partial charge in [0.1, 0.15) is 0 Å². The largest absolute Gasteiger partial charge is 0.247 e. The normalized spacial score (nSPS) is 12.6. The Bertz CT molecular complexity index is 493. The smallest absolute Gasteiger partial charge is 0.0931 e. The molecule has 96 valence electrons. The number of nitrogens with zero attached hydrogens (tertiary/aromatic N) is 1. The van der Waals surface area contributed by atoms with E-state index in [0.717, 1.165) is 23.6 Å². The summed E-state index contributed by atoms with van der Waals surface area (Å²) in [4.78, 5) is 4.49. The topological polar surface area (TPSA) is 12.9 Å². The Labute approximate surface area is 122 Å². The summed E-state index contributed by atoms with van der Waals surface area (Å²) in [6.45, 7) is 2.02. The molecule has 18 heavy (non-hydrogen) atoms. The molecule has 1 nitrogen and oxygen atoms in total. The van der Waals surface area contributed by atoms with Crippen molar-refractivity contribution in [2.75, 3.05) is 5.88 Å². The van der Waals surface area contributed by atoms with E-state index in [-0.39, 0.29) is 0 Å². The van der Waals surface area contributed by atoms with Crippen LogP contribution in [0.4, 0.5) is 0 Å². The van der Waals surface area contributed by atoms with Crippen molar-refractivity contribution in [3.63, 3.8) is 0 Å². The predicted molar refractivity (Wildman–Crippen MR) is 79.9 cm³/mol. The van der Waals surface area contributed by atoms with Crippen LogP contribution < -0.4 is 0 Å². The molecule has 0 aliphatic rings. The van der Waals surface area contributed by atoms with Crippen LogP contribution in [0.2, 0.25) is 5.02 Å². The summed E-state index contributed by atoms with van der Waals surface area (Å²) >= 11 is 13.7. The van der Waals surface area contributed by atoms with Gasteiger partial charge in [-0.3, -0.25) is 0 Å². The van der Waals surface area contributed by atoms with Crippen molar-refractivity contribution in [1.82, 2.24) is 4.98 Å². The van der Waals surface area contributed by atoms with Crippen LogP contribution in [-0.2, 0) is 12.8 Å². The average molecular weight is 300 g/mol. The number of halogens is 2. The summed E-state index contributed by atoms with van der Waals surface area (Å²) in [5, 5.41) is 4.03. The lowest BCUT2D eigenvalue weighted by Crippen LogP contribution is -2.10. The van der Waals surface area contributed by atoms with Crippen molar-refractivity contribution in [3.8, 4) is 0 Å². The number of rotatable bonds is 5. The van der Waals surface area contributed by atoms with E-state index in [2.05, 4.69) is 22.5 Å². The summed E-state index contributed by atoms with van der Waals surface area (Å²) in [6, 6.07) is 7.98. The van der Waals surface area contributed by atoms with Crippen molar-refractivity contribution >= 4 is 34.5 Å². The first-order valence-corrected chi connectivity index (χ1v) is 7.68. The third kappa shape index (κ3) is 3.98. The fourth-order valence-corrected chi connectivity index (χ4v) is 3.11. The van der Waals surface area contributed by atoms with E-state index in [1.807, 2.05) is 19.1 Å². The molecule has 0 amide bonds. The molecular weight excluding hydrogens is 285 g/mol. The lowest BCUT2D eigenvalue weighted by molar-refractivity contribution is 0.581. The predicted octanol–water partition coefficient (Wildman–Crippen LogP) is 4.75. The summed E-state index contributed by atoms with van der Waals surface area (Å²) in [5.74, 6) is 1.08. The van der Waals surface area contributed by atoms with Crippen LogP contribution in [0.5, 0.6) is 0 Å². The molecule has 1 heterocycles. The maximum Gasteiger partial charge on any atom is 0.0931 e. The van der Waals surface area contributed by atoms with Crippen molar-refractivity contribution in [2.24, 2.45) is 5.92 Å². The molecule has 1 atom stereocenters. The standard InChI is InChI=1S/C14H15Cl2NS/c1-10-9-18-14(17-10)7-12(8-15)6-11-2-4-13(16)5-3-11/h2-5,9,12H,6-8H2,1H3. The molecule has 2 aromatic rings. The molecular formula is C14H15Cl2NS. The first kappa shape index (κ1) is 13.9. The van der Waals surface area contributed by atoms with E-state index in [1.165, 1.54) is 10.6 Å². The van der Waals surface area contributed by atoms with Gasteiger partial charge in [0.15, 0.2) is 0 Å². The van der Waals surface area contributed by atoms with E-state index < -0.39 is 0 Å². The Balaban J connectivity index is 1.99. The van der Waals surface area contributed by atoms with Gasteiger partial charge in [-0.15, -0.1) is 22.9 Å². The summed E-state index contributed by atoms with van der Waals surface area (Å²) < 4.78 is 0. The SMILES string of the molecule is Cc1csc(CC(CCl)Cc2ccc(Cl)cc2)n1. The molecule has 0 N–H and O–H groups in total. The first-order valence-electron chi connectivity index (χ1n) is 5.89. The number of alkyl halides is 1.